The molecule has 1 amide bonds. The van der Waals surface area contributed by atoms with Crippen LogP contribution in [0.25, 0.3) is 0 Å². The first-order valence-electron chi connectivity index (χ1n) is 6.76. The van der Waals surface area contributed by atoms with Crippen LogP contribution >= 0.6 is 0 Å². The number of halogens is 1. The molecule has 18 heavy (non-hydrogen) atoms. The zero-order valence-corrected chi connectivity index (χ0v) is 10.6. The molecule has 2 fully saturated rings. The summed E-state index contributed by atoms with van der Waals surface area (Å²) in [6.07, 6.45) is 3.39. The molecule has 3 rings (SSSR count). The Morgan fingerprint density at radius 2 is 2.06 bits per heavy atom. The van der Waals surface area contributed by atoms with Gasteiger partial charge in [-0.2, -0.15) is 0 Å². The van der Waals surface area contributed by atoms with E-state index in [1.165, 1.54) is 18.6 Å². The Morgan fingerprint density at radius 1 is 1.33 bits per heavy atom. The molecule has 2 aliphatic carbocycles. The smallest absolute Gasteiger partial charge is 0.230 e. The van der Waals surface area contributed by atoms with Crippen molar-refractivity contribution in [2.75, 3.05) is 11.4 Å². The van der Waals surface area contributed by atoms with Gasteiger partial charge in [-0.15, -0.1) is 0 Å². The normalized spacial score (nSPS) is 28.9. The highest BCUT2D eigenvalue weighted by Gasteiger charge is 2.48. The maximum atomic E-state index is 13.2. The minimum absolute atomic E-state index is 0.164. The molecule has 0 saturated heterocycles. The van der Waals surface area contributed by atoms with Gasteiger partial charge in [-0.3, -0.25) is 4.79 Å². The maximum absolute atomic E-state index is 13.2. The molecule has 1 aromatic carbocycles. The molecule has 0 aliphatic heterocycles. The topological polar surface area (TPSA) is 20.3 Å². The van der Waals surface area contributed by atoms with Crippen LogP contribution in [-0.2, 0) is 4.79 Å². The third kappa shape index (κ3) is 2.02. The molecule has 0 bridgehead atoms. The monoisotopic (exact) mass is 247 g/mol. The Morgan fingerprint density at radius 3 is 2.67 bits per heavy atom. The van der Waals surface area contributed by atoms with Gasteiger partial charge in [0.1, 0.15) is 5.82 Å². The van der Waals surface area contributed by atoms with E-state index in [4.69, 9.17) is 0 Å². The molecule has 2 unspecified atom stereocenters. The average molecular weight is 247 g/mol. The number of fused-ring (bicyclic) bond motifs is 1. The van der Waals surface area contributed by atoms with E-state index in [-0.39, 0.29) is 17.6 Å². The lowest BCUT2D eigenvalue weighted by atomic mass is 10.0. The van der Waals surface area contributed by atoms with Crippen LogP contribution in [0.2, 0.25) is 0 Å². The zero-order valence-electron chi connectivity index (χ0n) is 10.6. The molecule has 0 aromatic heterocycles. The van der Waals surface area contributed by atoms with Crippen molar-refractivity contribution < 1.29 is 9.18 Å². The first kappa shape index (κ1) is 11.7. The number of hydrogen-bond donors (Lipinski definition) is 0. The highest BCUT2D eigenvalue weighted by Crippen LogP contribution is 2.54. The Hall–Kier alpha value is -1.38. The molecule has 0 N–H and O–H groups in total. The Bertz CT molecular complexity index is 463. The molecule has 0 heterocycles. The summed E-state index contributed by atoms with van der Waals surface area (Å²) in [5.74, 6) is 1.65. The number of anilines is 1. The van der Waals surface area contributed by atoms with Crippen LogP contribution in [0.3, 0.4) is 0 Å². The summed E-state index contributed by atoms with van der Waals surface area (Å²) >= 11 is 0. The van der Waals surface area contributed by atoms with E-state index in [1.807, 2.05) is 6.92 Å². The van der Waals surface area contributed by atoms with Crippen molar-refractivity contribution in [3.05, 3.63) is 30.1 Å². The second-order valence-corrected chi connectivity index (χ2v) is 5.49. The quantitative estimate of drug-likeness (QED) is 0.803. The number of carbonyl (C=O) groups is 1. The molecule has 2 aliphatic rings. The van der Waals surface area contributed by atoms with Gasteiger partial charge in [0.05, 0.1) is 0 Å². The van der Waals surface area contributed by atoms with Gasteiger partial charge >= 0.3 is 0 Å². The van der Waals surface area contributed by atoms with Gasteiger partial charge in [-0.25, -0.2) is 4.39 Å². The van der Waals surface area contributed by atoms with Gasteiger partial charge in [0.25, 0.3) is 0 Å². The van der Waals surface area contributed by atoms with E-state index in [0.717, 1.165) is 24.7 Å². The Kier molecular flexibility index (Phi) is 2.84. The zero-order chi connectivity index (χ0) is 12.7. The fourth-order valence-corrected chi connectivity index (χ4v) is 3.25. The molecule has 2 saturated carbocycles. The molecule has 1 aromatic rings. The fourth-order valence-electron chi connectivity index (χ4n) is 3.25. The second kappa shape index (κ2) is 4.38. The van der Waals surface area contributed by atoms with E-state index < -0.39 is 0 Å². The summed E-state index contributed by atoms with van der Waals surface area (Å²) in [4.78, 5) is 14.2. The van der Waals surface area contributed by atoms with Crippen molar-refractivity contribution in [3.63, 3.8) is 0 Å². The summed E-state index contributed by atoms with van der Waals surface area (Å²) < 4.78 is 13.2. The van der Waals surface area contributed by atoms with Crippen LogP contribution in [0.4, 0.5) is 10.1 Å². The third-order valence-electron chi connectivity index (χ3n) is 4.29. The minimum atomic E-state index is -0.284. The van der Waals surface area contributed by atoms with Gasteiger partial charge in [-0.1, -0.05) is 6.07 Å². The van der Waals surface area contributed by atoms with Crippen molar-refractivity contribution in [1.82, 2.24) is 0 Å². The van der Waals surface area contributed by atoms with Crippen LogP contribution in [0.1, 0.15) is 26.2 Å². The Labute approximate surface area is 107 Å². The second-order valence-electron chi connectivity index (χ2n) is 5.49. The molecule has 0 radical (unpaired) electrons. The van der Waals surface area contributed by atoms with Crippen molar-refractivity contribution in [3.8, 4) is 0 Å². The van der Waals surface area contributed by atoms with E-state index in [1.54, 1.807) is 17.0 Å². The summed E-state index contributed by atoms with van der Waals surface area (Å²) in [7, 11) is 0. The van der Waals surface area contributed by atoms with Crippen molar-refractivity contribution in [2.24, 2.45) is 17.8 Å². The first-order chi connectivity index (χ1) is 8.69. The molecular weight excluding hydrogens is 229 g/mol. The molecule has 2 nitrogen and oxygen atoms in total. The maximum Gasteiger partial charge on any atom is 0.230 e. The SMILES string of the molecule is CCN(C(=O)C1CC2CC2C1)c1cccc(F)c1. The van der Waals surface area contributed by atoms with Crippen LogP contribution in [0.5, 0.6) is 0 Å². The number of rotatable bonds is 3. The van der Waals surface area contributed by atoms with E-state index in [0.29, 0.717) is 12.2 Å². The Balaban J connectivity index is 1.77. The molecular formula is C15H18FNO. The van der Waals surface area contributed by atoms with Gasteiger partial charge in [0, 0.05) is 18.2 Å². The highest BCUT2D eigenvalue weighted by molar-refractivity contribution is 5.95. The van der Waals surface area contributed by atoms with E-state index in [9.17, 15) is 9.18 Å². The first-order valence-corrected chi connectivity index (χ1v) is 6.76. The van der Waals surface area contributed by atoms with Crippen LogP contribution in [0.15, 0.2) is 24.3 Å². The van der Waals surface area contributed by atoms with Crippen molar-refractivity contribution in [2.45, 2.75) is 26.2 Å². The largest absolute Gasteiger partial charge is 0.312 e. The van der Waals surface area contributed by atoms with Gasteiger partial charge in [0.2, 0.25) is 5.91 Å². The summed E-state index contributed by atoms with van der Waals surface area (Å²) in [5.41, 5.74) is 0.683. The van der Waals surface area contributed by atoms with Crippen molar-refractivity contribution in [1.29, 1.82) is 0 Å². The number of benzene rings is 1. The van der Waals surface area contributed by atoms with Crippen LogP contribution < -0.4 is 4.90 Å². The average Bonchev–Trinajstić information content (AvgIpc) is 2.97. The number of hydrogen-bond acceptors (Lipinski definition) is 1. The minimum Gasteiger partial charge on any atom is -0.312 e. The lowest BCUT2D eigenvalue weighted by Crippen LogP contribution is -2.35. The standard InChI is InChI=1S/C15H18FNO/c1-2-17(14-5-3-4-13(16)9-14)15(18)12-7-10-6-11(10)8-12/h3-5,9-12H,2,6-8H2,1H3. The molecule has 96 valence electrons. The molecule has 3 heteroatoms. The number of nitrogens with zero attached hydrogens (tertiary/aromatic N) is 1. The third-order valence-corrected chi connectivity index (χ3v) is 4.29. The molecule has 2 atom stereocenters. The summed E-state index contributed by atoms with van der Waals surface area (Å²) in [6, 6.07) is 6.32. The highest BCUT2D eigenvalue weighted by atomic mass is 19.1. The van der Waals surface area contributed by atoms with E-state index >= 15 is 0 Å². The number of carbonyl (C=O) groups excluding carboxylic acids is 1. The van der Waals surface area contributed by atoms with Crippen LogP contribution in [-0.4, -0.2) is 12.5 Å². The van der Waals surface area contributed by atoms with Gasteiger partial charge in [0.15, 0.2) is 0 Å². The lowest BCUT2D eigenvalue weighted by Gasteiger charge is -2.25. The fraction of sp³-hybridized carbons (Fsp3) is 0.533. The van der Waals surface area contributed by atoms with Gasteiger partial charge in [-0.05, 0) is 56.2 Å². The predicted octanol–water partition coefficient (Wildman–Crippen LogP) is 3.22. The lowest BCUT2D eigenvalue weighted by molar-refractivity contribution is -0.122. The van der Waals surface area contributed by atoms with Crippen LogP contribution in [0, 0.1) is 23.6 Å². The summed E-state index contributed by atoms with van der Waals surface area (Å²) in [5, 5.41) is 0. The number of amides is 1. The summed E-state index contributed by atoms with van der Waals surface area (Å²) in [6.45, 7) is 2.55. The predicted molar refractivity (Wildman–Crippen MR) is 68.7 cm³/mol. The van der Waals surface area contributed by atoms with Crippen molar-refractivity contribution >= 4 is 11.6 Å². The van der Waals surface area contributed by atoms with Gasteiger partial charge < -0.3 is 4.90 Å². The van der Waals surface area contributed by atoms with E-state index in [2.05, 4.69) is 0 Å². The molecule has 0 spiro atoms.